The molecule has 0 unspecified atom stereocenters. The van der Waals surface area contributed by atoms with Crippen LogP contribution in [0.1, 0.15) is 76.7 Å². The summed E-state index contributed by atoms with van der Waals surface area (Å²) in [5, 5.41) is 0. The predicted molar refractivity (Wildman–Crippen MR) is 90.0 cm³/mol. The molecule has 1 rings (SSSR count). The maximum atomic E-state index is 11.2. The summed E-state index contributed by atoms with van der Waals surface area (Å²) >= 11 is 0. The SMILES string of the molecule is CCCCCCCCCCCCc1ccccc1S(=O)(=O)[O-].[Fe+3]. The molecule has 0 atom stereocenters. The van der Waals surface area contributed by atoms with E-state index in [9.17, 15) is 13.0 Å². The second-order valence-electron chi connectivity index (χ2n) is 5.99. The van der Waals surface area contributed by atoms with Gasteiger partial charge in [0.1, 0.15) is 10.1 Å². The van der Waals surface area contributed by atoms with E-state index in [1.165, 1.54) is 57.4 Å². The van der Waals surface area contributed by atoms with Gasteiger partial charge in [0.25, 0.3) is 0 Å². The molecule has 0 fully saturated rings. The fourth-order valence-electron chi connectivity index (χ4n) is 2.76. The molecule has 3 nitrogen and oxygen atoms in total. The minimum Gasteiger partial charge on any atom is -0.744 e. The number of rotatable bonds is 12. The molecule has 0 saturated heterocycles. The van der Waals surface area contributed by atoms with Gasteiger partial charge >= 0.3 is 17.1 Å². The number of aryl methyl sites for hydroxylation is 1. The first kappa shape index (κ1) is 22.6. The molecule has 0 aromatic heterocycles. The van der Waals surface area contributed by atoms with E-state index in [4.69, 9.17) is 0 Å². The van der Waals surface area contributed by atoms with E-state index in [1.54, 1.807) is 18.2 Å². The van der Waals surface area contributed by atoms with E-state index in [0.29, 0.717) is 12.0 Å². The molecule has 5 heteroatoms. The van der Waals surface area contributed by atoms with Crippen molar-refractivity contribution in [2.75, 3.05) is 0 Å². The molecular formula is C18H29FeO3S+2. The second kappa shape index (κ2) is 13.0. The Morgan fingerprint density at radius 3 is 1.83 bits per heavy atom. The van der Waals surface area contributed by atoms with Gasteiger partial charge in [0.15, 0.2) is 0 Å². The van der Waals surface area contributed by atoms with E-state index in [2.05, 4.69) is 6.92 Å². The Labute approximate surface area is 152 Å². The van der Waals surface area contributed by atoms with Gasteiger partial charge in [0, 0.05) is 0 Å². The number of benzene rings is 1. The molecule has 0 amide bonds. The van der Waals surface area contributed by atoms with Crippen molar-refractivity contribution in [3.8, 4) is 0 Å². The van der Waals surface area contributed by atoms with Crippen molar-refractivity contribution < 1.29 is 30.0 Å². The summed E-state index contributed by atoms with van der Waals surface area (Å²) in [5.74, 6) is 0. The maximum Gasteiger partial charge on any atom is 3.00 e. The summed E-state index contributed by atoms with van der Waals surface area (Å²) in [6.45, 7) is 2.23. The first-order valence-electron chi connectivity index (χ1n) is 8.59. The van der Waals surface area contributed by atoms with E-state index < -0.39 is 10.1 Å². The zero-order valence-electron chi connectivity index (χ0n) is 14.1. The molecule has 0 aliphatic carbocycles. The van der Waals surface area contributed by atoms with E-state index in [0.717, 1.165) is 12.8 Å². The van der Waals surface area contributed by atoms with Crippen molar-refractivity contribution in [3.05, 3.63) is 29.8 Å². The molecule has 1 aromatic rings. The van der Waals surface area contributed by atoms with Crippen LogP contribution in [0.4, 0.5) is 0 Å². The molecule has 23 heavy (non-hydrogen) atoms. The number of hydrogen-bond acceptors (Lipinski definition) is 3. The van der Waals surface area contributed by atoms with E-state index in [-0.39, 0.29) is 22.0 Å². The van der Waals surface area contributed by atoms with Gasteiger partial charge in [-0.25, -0.2) is 8.42 Å². The van der Waals surface area contributed by atoms with Crippen LogP contribution in [0.3, 0.4) is 0 Å². The average molecular weight is 381 g/mol. The second-order valence-corrected chi connectivity index (χ2v) is 7.34. The fourth-order valence-corrected chi connectivity index (χ4v) is 3.49. The topological polar surface area (TPSA) is 57.2 Å². The van der Waals surface area contributed by atoms with Crippen LogP contribution in [0.25, 0.3) is 0 Å². The van der Waals surface area contributed by atoms with Gasteiger partial charge in [-0.05, 0) is 24.5 Å². The van der Waals surface area contributed by atoms with Crippen LogP contribution in [0.5, 0.6) is 0 Å². The Kier molecular flexibility index (Phi) is 12.8. The van der Waals surface area contributed by atoms with Gasteiger partial charge in [-0.15, -0.1) is 0 Å². The zero-order chi connectivity index (χ0) is 16.3. The predicted octanol–water partition coefficient (Wildman–Crippen LogP) is 5.05. The Hall–Kier alpha value is -0.351. The van der Waals surface area contributed by atoms with Crippen molar-refractivity contribution in [2.24, 2.45) is 0 Å². The molecule has 0 spiro atoms. The number of unbranched alkanes of at least 4 members (excludes halogenated alkanes) is 9. The van der Waals surface area contributed by atoms with Gasteiger partial charge in [0.05, 0.1) is 4.90 Å². The third-order valence-corrected chi connectivity index (χ3v) is 4.98. The van der Waals surface area contributed by atoms with E-state index >= 15 is 0 Å². The van der Waals surface area contributed by atoms with Crippen molar-refractivity contribution >= 4 is 10.1 Å². The van der Waals surface area contributed by atoms with Crippen LogP contribution in [0.15, 0.2) is 29.2 Å². The van der Waals surface area contributed by atoms with Crippen molar-refractivity contribution in [1.29, 1.82) is 0 Å². The van der Waals surface area contributed by atoms with Crippen LogP contribution < -0.4 is 0 Å². The average Bonchev–Trinajstić information content (AvgIpc) is 2.48. The Morgan fingerprint density at radius 1 is 0.826 bits per heavy atom. The van der Waals surface area contributed by atoms with Crippen molar-refractivity contribution in [3.63, 3.8) is 0 Å². The molecule has 0 saturated carbocycles. The molecule has 0 aliphatic rings. The van der Waals surface area contributed by atoms with Crippen LogP contribution in [-0.4, -0.2) is 13.0 Å². The third kappa shape index (κ3) is 10.2. The minimum absolute atomic E-state index is 0. The Morgan fingerprint density at radius 2 is 1.30 bits per heavy atom. The summed E-state index contributed by atoms with van der Waals surface area (Å²) in [4.78, 5) is -0.0501. The van der Waals surface area contributed by atoms with Crippen LogP contribution in [0.2, 0.25) is 0 Å². The standard InChI is InChI=1S/C18H30O3S.Fe/c1-2-3-4-5-6-7-8-9-10-11-14-17-15-12-13-16-18(17)22(19,20)21;/h12-13,15-16H,2-11,14H2,1H3,(H,19,20,21);/q;+3/p-1. The van der Waals surface area contributed by atoms with Gasteiger partial charge < -0.3 is 4.55 Å². The Bertz CT molecular complexity index is 515. The molecule has 0 aliphatic heterocycles. The van der Waals surface area contributed by atoms with Crippen molar-refractivity contribution in [2.45, 2.75) is 82.4 Å². The first-order valence-corrected chi connectivity index (χ1v) is 10.0. The van der Waals surface area contributed by atoms with Gasteiger partial charge in [-0.1, -0.05) is 82.9 Å². The summed E-state index contributed by atoms with van der Waals surface area (Å²) in [6.07, 6.45) is 13.2. The quantitative estimate of drug-likeness (QED) is 0.289. The summed E-state index contributed by atoms with van der Waals surface area (Å²) in [5.41, 5.74) is 0.664. The molecule has 1 radical (unpaired) electrons. The van der Waals surface area contributed by atoms with Gasteiger partial charge in [-0.3, -0.25) is 0 Å². The largest absolute Gasteiger partial charge is 3.00 e. The van der Waals surface area contributed by atoms with Gasteiger partial charge in [0.2, 0.25) is 0 Å². The molecule has 0 bridgehead atoms. The maximum absolute atomic E-state index is 11.2. The fraction of sp³-hybridized carbons (Fsp3) is 0.667. The van der Waals surface area contributed by atoms with Gasteiger partial charge in [-0.2, -0.15) is 0 Å². The molecule has 0 N–H and O–H groups in total. The van der Waals surface area contributed by atoms with Crippen LogP contribution >= 0.6 is 0 Å². The third-order valence-electron chi connectivity index (χ3n) is 4.04. The van der Waals surface area contributed by atoms with Crippen molar-refractivity contribution in [1.82, 2.24) is 0 Å². The zero-order valence-corrected chi connectivity index (χ0v) is 16.0. The molecule has 131 valence electrons. The summed E-state index contributed by atoms with van der Waals surface area (Å²) in [7, 11) is -4.35. The molecule has 1 aromatic carbocycles. The van der Waals surface area contributed by atoms with Crippen LogP contribution in [-0.2, 0) is 33.6 Å². The Balaban J connectivity index is 0.00000484. The molecular weight excluding hydrogens is 352 g/mol. The first-order chi connectivity index (χ1) is 10.6. The number of hydrogen-bond donors (Lipinski definition) is 0. The monoisotopic (exact) mass is 381 g/mol. The summed E-state index contributed by atoms with van der Waals surface area (Å²) in [6, 6.07) is 6.56. The smallest absolute Gasteiger partial charge is 0.744 e. The summed E-state index contributed by atoms with van der Waals surface area (Å²) < 4.78 is 33.5. The molecule has 0 heterocycles. The minimum atomic E-state index is -4.35. The normalized spacial score (nSPS) is 11.2. The van der Waals surface area contributed by atoms with E-state index in [1.807, 2.05) is 0 Å². The van der Waals surface area contributed by atoms with Crippen LogP contribution in [0, 0.1) is 0 Å².